The quantitative estimate of drug-likeness (QED) is 0.156. The van der Waals surface area contributed by atoms with Crippen molar-refractivity contribution in [1.29, 1.82) is 0 Å². The van der Waals surface area contributed by atoms with Gasteiger partial charge in [-0.3, -0.25) is 19.2 Å². The highest BCUT2D eigenvalue weighted by Crippen LogP contribution is 2.19. The SMILES string of the molecule is CC(C)C(NC(=O)C(N)CCC(=O)O)C(=O)NC(C(=O)NC(Cc1c[nH]c2ccccc12)C(=O)O)C(C)O. The molecule has 0 aliphatic carbocycles. The number of carbonyl (C=O) groups excluding carboxylic acids is 3. The number of aliphatic carboxylic acids is 2. The summed E-state index contributed by atoms with van der Waals surface area (Å²) in [6.07, 6.45) is -0.273. The van der Waals surface area contributed by atoms with Crippen molar-refractivity contribution in [2.24, 2.45) is 11.7 Å². The Morgan fingerprint density at radius 3 is 2.11 bits per heavy atom. The number of benzene rings is 1. The fourth-order valence-corrected chi connectivity index (χ4v) is 3.84. The monoisotopic (exact) mass is 533 g/mol. The fourth-order valence-electron chi connectivity index (χ4n) is 3.84. The van der Waals surface area contributed by atoms with Crippen molar-refractivity contribution in [3.8, 4) is 0 Å². The second-order valence-corrected chi connectivity index (χ2v) is 9.46. The summed E-state index contributed by atoms with van der Waals surface area (Å²) in [6.45, 7) is 4.52. The number of aliphatic hydroxyl groups excluding tert-OH is 1. The zero-order chi connectivity index (χ0) is 28.6. The topological polar surface area (TPSA) is 224 Å². The number of aliphatic hydroxyl groups is 1. The van der Waals surface area contributed by atoms with Crippen LogP contribution < -0.4 is 21.7 Å². The first-order valence-electron chi connectivity index (χ1n) is 12.2. The maximum Gasteiger partial charge on any atom is 0.326 e. The van der Waals surface area contributed by atoms with E-state index in [1.807, 2.05) is 18.2 Å². The molecule has 0 fully saturated rings. The van der Waals surface area contributed by atoms with Crippen molar-refractivity contribution in [2.75, 3.05) is 0 Å². The maximum atomic E-state index is 13.0. The molecule has 5 atom stereocenters. The Labute approximate surface area is 219 Å². The number of carboxylic acids is 2. The summed E-state index contributed by atoms with van der Waals surface area (Å²) < 4.78 is 0. The molecule has 5 unspecified atom stereocenters. The molecular formula is C25H35N5O8. The Morgan fingerprint density at radius 2 is 1.53 bits per heavy atom. The van der Waals surface area contributed by atoms with Crippen molar-refractivity contribution in [2.45, 2.75) is 70.3 Å². The summed E-state index contributed by atoms with van der Waals surface area (Å²) in [4.78, 5) is 64.0. The van der Waals surface area contributed by atoms with Gasteiger partial charge in [0.2, 0.25) is 17.7 Å². The van der Waals surface area contributed by atoms with Gasteiger partial charge in [-0.05, 0) is 30.9 Å². The summed E-state index contributed by atoms with van der Waals surface area (Å²) in [6, 6.07) is 2.07. The first-order valence-corrected chi connectivity index (χ1v) is 12.2. The van der Waals surface area contributed by atoms with Gasteiger partial charge in [0.15, 0.2) is 0 Å². The third-order valence-corrected chi connectivity index (χ3v) is 6.03. The molecule has 208 valence electrons. The minimum absolute atomic E-state index is 0.0511. The molecule has 38 heavy (non-hydrogen) atoms. The van der Waals surface area contributed by atoms with Gasteiger partial charge in [-0.2, -0.15) is 0 Å². The largest absolute Gasteiger partial charge is 0.481 e. The predicted octanol–water partition coefficient (Wildman–Crippen LogP) is -0.522. The van der Waals surface area contributed by atoms with Crippen LogP contribution in [-0.4, -0.2) is 80.2 Å². The lowest BCUT2D eigenvalue weighted by Gasteiger charge is -2.28. The molecule has 2 rings (SSSR count). The molecule has 0 aliphatic rings. The van der Waals surface area contributed by atoms with E-state index >= 15 is 0 Å². The molecule has 0 bridgehead atoms. The van der Waals surface area contributed by atoms with Gasteiger partial charge >= 0.3 is 11.9 Å². The molecule has 3 amide bonds. The molecule has 0 aliphatic heterocycles. The standard InChI is InChI=1S/C25H35N5O8/c1-12(2)20(29-22(34)16(26)8-9-19(32)33)23(35)30-21(13(3)31)24(36)28-18(25(37)38)10-14-11-27-17-7-5-4-6-15(14)17/h4-7,11-13,16,18,20-21,27,31H,8-10,26H2,1-3H3,(H,28,36)(H,29,34)(H,30,35)(H,32,33)(H,37,38). The van der Waals surface area contributed by atoms with E-state index in [9.17, 15) is 34.2 Å². The Balaban J connectivity index is 2.11. The van der Waals surface area contributed by atoms with Gasteiger partial charge in [-0.1, -0.05) is 32.0 Å². The van der Waals surface area contributed by atoms with E-state index in [4.69, 9.17) is 10.8 Å². The molecule has 9 N–H and O–H groups in total. The van der Waals surface area contributed by atoms with Crippen LogP contribution in [-0.2, 0) is 30.4 Å². The van der Waals surface area contributed by atoms with Crippen molar-refractivity contribution >= 4 is 40.6 Å². The minimum atomic E-state index is -1.52. The molecule has 0 spiro atoms. The van der Waals surface area contributed by atoms with Crippen molar-refractivity contribution in [3.05, 3.63) is 36.0 Å². The molecule has 0 saturated carbocycles. The summed E-state index contributed by atoms with van der Waals surface area (Å²) in [7, 11) is 0. The number of aromatic nitrogens is 1. The third kappa shape index (κ3) is 8.28. The van der Waals surface area contributed by atoms with E-state index in [0.717, 1.165) is 10.9 Å². The Morgan fingerprint density at radius 1 is 0.921 bits per heavy atom. The van der Waals surface area contributed by atoms with Crippen LogP contribution in [0.5, 0.6) is 0 Å². The van der Waals surface area contributed by atoms with Crippen LogP contribution in [0.15, 0.2) is 30.5 Å². The van der Waals surface area contributed by atoms with Gasteiger partial charge < -0.3 is 42.0 Å². The molecule has 0 saturated heterocycles. The predicted molar refractivity (Wildman–Crippen MR) is 137 cm³/mol. The number of rotatable bonds is 14. The van der Waals surface area contributed by atoms with Crippen LogP contribution in [0.2, 0.25) is 0 Å². The zero-order valence-corrected chi connectivity index (χ0v) is 21.4. The van der Waals surface area contributed by atoms with E-state index in [-0.39, 0.29) is 19.3 Å². The number of nitrogens with one attached hydrogen (secondary N) is 4. The second-order valence-electron chi connectivity index (χ2n) is 9.46. The van der Waals surface area contributed by atoms with Gasteiger partial charge in [0.1, 0.15) is 18.1 Å². The molecule has 1 aromatic heterocycles. The van der Waals surface area contributed by atoms with Gasteiger partial charge in [-0.15, -0.1) is 0 Å². The van der Waals surface area contributed by atoms with Crippen LogP contribution in [0, 0.1) is 5.92 Å². The van der Waals surface area contributed by atoms with Gasteiger partial charge in [0, 0.05) is 29.9 Å². The van der Waals surface area contributed by atoms with E-state index in [2.05, 4.69) is 20.9 Å². The number of hydrogen-bond donors (Lipinski definition) is 8. The van der Waals surface area contributed by atoms with Crippen LogP contribution in [0.25, 0.3) is 10.9 Å². The van der Waals surface area contributed by atoms with Crippen molar-refractivity contribution in [3.63, 3.8) is 0 Å². The number of carbonyl (C=O) groups is 5. The Bertz CT molecular complexity index is 1160. The first kappa shape index (κ1) is 30.3. The van der Waals surface area contributed by atoms with Gasteiger partial charge in [0.05, 0.1) is 12.1 Å². The number of hydrogen-bond acceptors (Lipinski definition) is 7. The van der Waals surface area contributed by atoms with Crippen LogP contribution >= 0.6 is 0 Å². The lowest BCUT2D eigenvalue weighted by Crippen LogP contribution is -2.61. The fraction of sp³-hybridized carbons (Fsp3) is 0.480. The number of carboxylic acid groups (broad SMARTS) is 2. The number of amides is 3. The van der Waals surface area contributed by atoms with E-state index in [1.165, 1.54) is 6.92 Å². The summed E-state index contributed by atoms with van der Waals surface area (Å²) in [5.74, 6) is -5.36. The molecular weight excluding hydrogens is 498 g/mol. The smallest absolute Gasteiger partial charge is 0.326 e. The van der Waals surface area contributed by atoms with Crippen molar-refractivity contribution in [1.82, 2.24) is 20.9 Å². The second kappa shape index (κ2) is 13.5. The highest BCUT2D eigenvalue weighted by molar-refractivity contribution is 5.95. The van der Waals surface area contributed by atoms with E-state index in [1.54, 1.807) is 26.1 Å². The minimum Gasteiger partial charge on any atom is -0.481 e. The molecule has 1 heterocycles. The van der Waals surface area contributed by atoms with Gasteiger partial charge in [0.25, 0.3) is 0 Å². The Hall–Kier alpha value is -3.97. The van der Waals surface area contributed by atoms with E-state index in [0.29, 0.717) is 5.56 Å². The van der Waals surface area contributed by atoms with Crippen LogP contribution in [0.1, 0.15) is 39.2 Å². The third-order valence-electron chi connectivity index (χ3n) is 6.03. The van der Waals surface area contributed by atoms with Crippen molar-refractivity contribution < 1.29 is 39.3 Å². The lowest BCUT2D eigenvalue weighted by molar-refractivity contribution is -0.143. The molecule has 13 nitrogen and oxygen atoms in total. The first-order chi connectivity index (χ1) is 17.8. The average Bonchev–Trinajstić information content (AvgIpc) is 3.25. The number of H-pyrrole nitrogens is 1. The Kier molecular flexibility index (Phi) is 10.8. The summed E-state index contributed by atoms with van der Waals surface area (Å²) >= 11 is 0. The lowest BCUT2D eigenvalue weighted by atomic mass is 10.0. The highest BCUT2D eigenvalue weighted by Gasteiger charge is 2.34. The maximum absolute atomic E-state index is 13.0. The molecule has 13 heteroatoms. The molecule has 2 aromatic rings. The summed E-state index contributed by atoms with van der Waals surface area (Å²) in [5, 5.41) is 36.7. The number of nitrogens with two attached hydrogens (primary N) is 1. The molecule has 1 aromatic carbocycles. The number of para-hydroxylation sites is 1. The van der Waals surface area contributed by atoms with Gasteiger partial charge in [-0.25, -0.2) is 4.79 Å². The van der Waals surface area contributed by atoms with E-state index < -0.39 is 65.8 Å². The van der Waals surface area contributed by atoms with Crippen LogP contribution in [0.3, 0.4) is 0 Å². The number of aromatic amines is 1. The zero-order valence-electron chi connectivity index (χ0n) is 21.4. The summed E-state index contributed by atoms with van der Waals surface area (Å²) in [5.41, 5.74) is 7.18. The molecule has 0 radical (unpaired) electrons. The number of fused-ring (bicyclic) bond motifs is 1. The normalized spacial score (nSPS) is 15.2. The average molecular weight is 534 g/mol. The highest BCUT2D eigenvalue weighted by atomic mass is 16.4. The van der Waals surface area contributed by atoms with Crippen LogP contribution in [0.4, 0.5) is 0 Å².